The lowest BCUT2D eigenvalue weighted by Crippen LogP contribution is -2.12. The monoisotopic (exact) mass is 410 g/mol. The third-order valence-corrected chi connectivity index (χ3v) is 4.52. The number of aromatic nitrogens is 3. The molecule has 1 aromatic carbocycles. The Bertz CT molecular complexity index is 943. The summed E-state index contributed by atoms with van der Waals surface area (Å²) in [5.74, 6) is 6.66. The van der Waals surface area contributed by atoms with E-state index in [1.165, 1.54) is 40.9 Å². The van der Waals surface area contributed by atoms with Crippen LogP contribution in [0.2, 0.25) is 0 Å². The molecule has 0 aliphatic carbocycles. The number of halogens is 2. The van der Waals surface area contributed by atoms with Crippen molar-refractivity contribution in [3.63, 3.8) is 0 Å². The summed E-state index contributed by atoms with van der Waals surface area (Å²) in [7, 11) is 0. The average Bonchev–Trinajstić information content (AvgIpc) is 3.27. The number of nitrogens with two attached hydrogens (primary N) is 1. The third kappa shape index (κ3) is 4.42. The van der Waals surface area contributed by atoms with E-state index in [1.807, 2.05) is 0 Å². The Balaban J connectivity index is 1.70. The van der Waals surface area contributed by atoms with Gasteiger partial charge in [-0.15, -0.1) is 10.2 Å². The van der Waals surface area contributed by atoms with E-state index in [9.17, 15) is 13.6 Å². The van der Waals surface area contributed by atoms with E-state index in [-0.39, 0.29) is 18.1 Å². The first kappa shape index (κ1) is 19.7. The van der Waals surface area contributed by atoms with Crippen LogP contribution in [0, 0.1) is 0 Å². The van der Waals surface area contributed by atoms with Gasteiger partial charge in [0.1, 0.15) is 17.1 Å². The summed E-state index contributed by atoms with van der Waals surface area (Å²) < 4.78 is 40.3. The molecule has 28 heavy (non-hydrogen) atoms. The molecule has 2 heterocycles. The largest absolute Gasteiger partial charge is 0.468 e. The van der Waals surface area contributed by atoms with Crippen molar-refractivity contribution < 1.29 is 27.5 Å². The number of esters is 1. The molecule has 0 radical (unpaired) electrons. The van der Waals surface area contributed by atoms with Crippen LogP contribution in [0.3, 0.4) is 0 Å². The Morgan fingerprint density at radius 1 is 1.29 bits per heavy atom. The predicted molar refractivity (Wildman–Crippen MR) is 96.5 cm³/mol. The van der Waals surface area contributed by atoms with Crippen molar-refractivity contribution in [2.45, 2.75) is 24.4 Å². The smallest absolute Gasteiger partial charge is 0.387 e. The molecule has 0 aliphatic heterocycles. The molecule has 2 aromatic heterocycles. The number of hydrogen-bond acceptors (Lipinski definition) is 8. The lowest BCUT2D eigenvalue weighted by Gasteiger charge is -2.06. The lowest BCUT2D eigenvalue weighted by molar-refractivity contribution is -0.0498. The maximum atomic E-state index is 12.2. The maximum Gasteiger partial charge on any atom is 0.387 e. The quantitative estimate of drug-likeness (QED) is 0.343. The van der Waals surface area contributed by atoms with Crippen molar-refractivity contribution >= 4 is 17.7 Å². The van der Waals surface area contributed by atoms with Crippen molar-refractivity contribution in [2.24, 2.45) is 0 Å². The minimum Gasteiger partial charge on any atom is -0.468 e. The summed E-state index contributed by atoms with van der Waals surface area (Å²) in [5.41, 5.74) is 0.918. The molecule has 0 atom stereocenters. The molecule has 2 N–H and O–H groups in total. The zero-order valence-electron chi connectivity index (χ0n) is 14.7. The second-order valence-corrected chi connectivity index (χ2v) is 6.29. The lowest BCUT2D eigenvalue weighted by atomic mass is 10.2. The van der Waals surface area contributed by atoms with Gasteiger partial charge in [0.05, 0.1) is 18.6 Å². The summed E-state index contributed by atoms with van der Waals surface area (Å²) in [5, 5.41) is 8.42. The van der Waals surface area contributed by atoms with Crippen LogP contribution in [-0.4, -0.2) is 34.1 Å². The minimum absolute atomic E-state index is 0.0285. The van der Waals surface area contributed by atoms with Gasteiger partial charge in [-0.2, -0.15) is 8.78 Å². The van der Waals surface area contributed by atoms with Crippen molar-refractivity contribution in [1.29, 1.82) is 0 Å². The van der Waals surface area contributed by atoms with Crippen molar-refractivity contribution in [3.8, 4) is 17.1 Å². The molecule has 0 unspecified atom stereocenters. The number of hydrogen-bond donors (Lipinski definition) is 1. The maximum absolute atomic E-state index is 12.2. The molecule has 3 rings (SSSR count). The number of furan rings is 1. The number of benzene rings is 1. The van der Waals surface area contributed by atoms with E-state index in [0.717, 1.165) is 0 Å². The van der Waals surface area contributed by atoms with Gasteiger partial charge < -0.3 is 19.7 Å². The molecule has 11 heteroatoms. The molecule has 148 valence electrons. The molecule has 3 aromatic rings. The summed E-state index contributed by atoms with van der Waals surface area (Å²) in [6.07, 6.45) is 1.41. The number of carbonyl (C=O) groups excluding carboxylic acids is 1. The summed E-state index contributed by atoms with van der Waals surface area (Å²) in [4.78, 5) is 11.9. The Labute approximate surface area is 162 Å². The van der Waals surface area contributed by atoms with E-state index in [0.29, 0.717) is 27.9 Å². The van der Waals surface area contributed by atoms with Crippen LogP contribution >= 0.6 is 11.8 Å². The summed E-state index contributed by atoms with van der Waals surface area (Å²) in [6, 6.07) is 7.40. The standard InChI is InChI=1S/C17H16F2N4O4S/c1-2-25-15(24)12-7-8-26-13(12)9-28-17-22-21-14(23(17)20)10-3-5-11(6-4-10)27-16(18)19/h3-8,16H,2,9,20H2,1H3. The average molecular weight is 410 g/mol. The molecular formula is C17H16F2N4O4S. The minimum atomic E-state index is -2.90. The highest BCUT2D eigenvalue weighted by atomic mass is 32.2. The molecule has 0 aliphatic rings. The van der Waals surface area contributed by atoms with Crippen LogP contribution in [0.25, 0.3) is 11.4 Å². The molecule has 0 spiro atoms. The van der Waals surface area contributed by atoms with Gasteiger partial charge in [-0.3, -0.25) is 0 Å². The number of rotatable bonds is 8. The van der Waals surface area contributed by atoms with Gasteiger partial charge in [0.2, 0.25) is 5.16 Å². The van der Waals surface area contributed by atoms with E-state index >= 15 is 0 Å². The molecule has 8 nitrogen and oxygen atoms in total. The first-order chi connectivity index (χ1) is 13.5. The second-order valence-electron chi connectivity index (χ2n) is 5.35. The second kappa shape index (κ2) is 8.74. The Hall–Kier alpha value is -3.08. The van der Waals surface area contributed by atoms with E-state index in [4.69, 9.17) is 15.0 Å². The molecule has 0 saturated heterocycles. The zero-order valence-corrected chi connectivity index (χ0v) is 15.5. The van der Waals surface area contributed by atoms with Crippen molar-refractivity contribution in [1.82, 2.24) is 14.9 Å². The van der Waals surface area contributed by atoms with E-state index < -0.39 is 12.6 Å². The fourth-order valence-electron chi connectivity index (χ4n) is 2.33. The highest BCUT2D eigenvalue weighted by Crippen LogP contribution is 2.27. The van der Waals surface area contributed by atoms with Gasteiger partial charge in [-0.25, -0.2) is 9.47 Å². The normalized spacial score (nSPS) is 11.0. The number of ether oxygens (including phenoxy) is 2. The Morgan fingerprint density at radius 2 is 2.04 bits per heavy atom. The van der Waals surface area contributed by atoms with Crippen molar-refractivity contribution in [3.05, 3.63) is 47.9 Å². The summed E-state index contributed by atoms with van der Waals surface area (Å²) in [6.45, 7) is -0.914. The Morgan fingerprint density at radius 3 is 2.71 bits per heavy atom. The van der Waals surface area contributed by atoms with Gasteiger partial charge in [-0.1, -0.05) is 11.8 Å². The molecule has 0 amide bonds. The van der Waals surface area contributed by atoms with Gasteiger partial charge in [0.15, 0.2) is 5.82 Å². The number of nitrogen functional groups attached to an aromatic ring is 1. The molecule has 0 saturated carbocycles. The van der Waals surface area contributed by atoms with Crippen molar-refractivity contribution in [2.75, 3.05) is 12.4 Å². The fourth-order valence-corrected chi connectivity index (χ4v) is 3.14. The number of nitrogens with zero attached hydrogens (tertiary/aromatic N) is 3. The molecule has 0 bridgehead atoms. The van der Waals surface area contributed by atoms with Gasteiger partial charge in [-0.05, 0) is 37.3 Å². The van der Waals surface area contributed by atoms with E-state index in [2.05, 4.69) is 14.9 Å². The van der Waals surface area contributed by atoms with Crippen LogP contribution in [0.4, 0.5) is 8.78 Å². The van der Waals surface area contributed by atoms with Gasteiger partial charge >= 0.3 is 12.6 Å². The van der Waals surface area contributed by atoms with Crippen LogP contribution in [0.15, 0.2) is 46.2 Å². The van der Waals surface area contributed by atoms with E-state index in [1.54, 1.807) is 19.1 Å². The van der Waals surface area contributed by atoms with Crippen LogP contribution in [0.1, 0.15) is 23.0 Å². The first-order valence-corrected chi connectivity index (χ1v) is 9.10. The van der Waals surface area contributed by atoms with Gasteiger partial charge in [0.25, 0.3) is 0 Å². The van der Waals surface area contributed by atoms with Crippen LogP contribution in [-0.2, 0) is 10.5 Å². The predicted octanol–water partition coefficient (Wildman–Crippen LogP) is 3.32. The summed E-state index contributed by atoms with van der Waals surface area (Å²) >= 11 is 1.22. The zero-order chi connectivity index (χ0) is 20.1. The highest BCUT2D eigenvalue weighted by molar-refractivity contribution is 7.98. The molecular weight excluding hydrogens is 394 g/mol. The first-order valence-electron chi connectivity index (χ1n) is 8.11. The SMILES string of the molecule is CCOC(=O)c1ccoc1CSc1nnc(-c2ccc(OC(F)F)cc2)n1N. The number of alkyl halides is 2. The number of carbonyl (C=O) groups is 1. The molecule has 0 fully saturated rings. The highest BCUT2D eigenvalue weighted by Gasteiger charge is 2.18. The fraction of sp³-hybridized carbons (Fsp3) is 0.235. The third-order valence-electron chi connectivity index (χ3n) is 3.58. The number of thioether (sulfide) groups is 1. The van der Waals surface area contributed by atoms with Crippen LogP contribution in [0.5, 0.6) is 5.75 Å². The van der Waals surface area contributed by atoms with Crippen LogP contribution < -0.4 is 10.6 Å². The topological polar surface area (TPSA) is 105 Å². The Kier molecular flexibility index (Phi) is 6.14. The van der Waals surface area contributed by atoms with Gasteiger partial charge in [0, 0.05) is 5.56 Å².